The first-order chi connectivity index (χ1) is 18.5. The van der Waals surface area contributed by atoms with Gasteiger partial charge in [0.25, 0.3) is 0 Å². The number of hydrogen-bond donors (Lipinski definition) is 1. The monoisotopic (exact) mass is 525 g/mol. The number of hydrogen-bond acceptors (Lipinski definition) is 2. The number of anilines is 1. The first-order valence-corrected chi connectivity index (χ1v) is 12.8. The van der Waals surface area contributed by atoms with E-state index in [1.54, 1.807) is 35.2 Å². The van der Waals surface area contributed by atoms with E-state index >= 15 is 0 Å². The van der Waals surface area contributed by atoms with E-state index in [4.69, 9.17) is 16.7 Å². The molecule has 38 heavy (non-hydrogen) atoms. The van der Waals surface area contributed by atoms with Gasteiger partial charge in [0.1, 0.15) is 11.6 Å². The van der Waals surface area contributed by atoms with Crippen LogP contribution < -0.4 is 5.32 Å². The van der Waals surface area contributed by atoms with Crippen molar-refractivity contribution in [2.24, 2.45) is 0 Å². The summed E-state index contributed by atoms with van der Waals surface area (Å²) in [6.07, 6.45) is 2.66. The number of urea groups is 1. The largest absolute Gasteiger partial charge is 0.322 e. The molecule has 2 amide bonds. The van der Waals surface area contributed by atoms with Crippen LogP contribution in [0, 0.1) is 5.82 Å². The minimum absolute atomic E-state index is 0.278. The standard InChI is InChI=1S/C30H25ClFN5O/c1-2-26-25-19-36(30(38)33-23-12-7-10-21(31)18-23)28(20-9-6-11-22(32)17-20)27-15-8-16-35(27)29(25)37(34-26)24-13-4-3-5-14-24/h3-18,28H,2,19H2,1H3,(H,33,38). The maximum absolute atomic E-state index is 14.5. The zero-order chi connectivity index (χ0) is 26.2. The number of halogens is 2. The van der Waals surface area contributed by atoms with Crippen LogP contribution in [0.15, 0.2) is 97.2 Å². The summed E-state index contributed by atoms with van der Waals surface area (Å²) in [5.74, 6) is 0.509. The van der Waals surface area contributed by atoms with Gasteiger partial charge in [0.2, 0.25) is 0 Å². The summed E-state index contributed by atoms with van der Waals surface area (Å²) in [4.78, 5) is 15.7. The van der Waals surface area contributed by atoms with Crippen molar-refractivity contribution in [2.75, 3.05) is 5.32 Å². The second-order valence-electron chi connectivity index (χ2n) is 9.18. The second-order valence-corrected chi connectivity index (χ2v) is 9.62. The Labute approximate surface area is 224 Å². The van der Waals surface area contributed by atoms with Gasteiger partial charge in [0.15, 0.2) is 0 Å². The zero-order valence-electron chi connectivity index (χ0n) is 20.7. The number of nitrogens with zero attached hydrogens (tertiary/aromatic N) is 4. The van der Waals surface area contributed by atoms with Crippen molar-refractivity contribution in [3.8, 4) is 11.5 Å². The summed E-state index contributed by atoms with van der Waals surface area (Å²) in [5, 5.41) is 8.48. The predicted octanol–water partition coefficient (Wildman–Crippen LogP) is 7.16. The molecule has 0 fully saturated rings. The Morgan fingerprint density at radius 3 is 2.61 bits per heavy atom. The number of carbonyl (C=O) groups is 1. The number of nitrogens with one attached hydrogen (secondary N) is 1. The molecule has 1 N–H and O–H groups in total. The Kier molecular flexibility index (Phi) is 6.21. The lowest BCUT2D eigenvalue weighted by molar-refractivity contribution is 0.194. The van der Waals surface area contributed by atoms with Crippen molar-refractivity contribution >= 4 is 23.3 Å². The number of para-hydroxylation sites is 1. The maximum Gasteiger partial charge on any atom is 0.322 e. The number of aryl methyl sites for hydroxylation is 1. The average molecular weight is 526 g/mol. The highest BCUT2D eigenvalue weighted by Crippen LogP contribution is 2.39. The molecule has 1 atom stereocenters. The molecule has 0 aliphatic carbocycles. The van der Waals surface area contributed by atoms with Gasteiger partial charge in [0.05, 0.1) is 29.7 Å². The molecule has 3 aromatic carbocycles. The Morgan fingerprint density at radius 1 is 1.03 bits per heavy atom. The molecule has 190 valence electrons. The number of rotatable bonds is 4. The van der Waals surface area contributed by atoms with E-state index < -0.39 is 6.04 Å². The number of amides is 2. The van der Waals surface area contributed by atoms with Crippen molar-refractivity contribution in [3.63, 3.8) is 0 Å². The molecule has 0 saturated carbocycles. The van der Waals surface area contributed by atoms with Gasteiger partial charge >= 0.3 is 6.03 Å². The fraction of sp³-hybridized carbons (Fsp3) is 0.133. The summed E-state index contributed by atoms with van der Waals surface area (Å²) in [7, 11) is 0. The fourth-order valence-electron chi connectivity index (χ4n) is 5.14. The molecule has 0 spiro atoms. The lowest BCUT2D eigenvalue weighted by atomic mass is 10.0. The highest BCUT2D eigenvalue weighted by atomic mass is 35.5. The quantitative estimate of drug-likeness (QED) is 0.271. The highest BCUT2D eigenvalue weighted by molar-refractivity contribution is 6.30. The smallest absolute Gasteiger partial charge is 0.308 e. The minimum Gasteiger partial charge on any atom is -0.308 e. The summed E-state index contributed by atoms with van der Waals surface area (Å²) >= 11 is 6.18. The molecule has 5 aromatic rings. The second kappa shape index (κ2) is 9.84. The third kappa shape index (κ3) is 4.25. The number of aromatic nitrogens is 3. The van der Waals surface area contributed by atoms with Crippen molar-refractivity contribution in [1.82, 2.24) is 19.2 Å². The van der Waals surface area contributed by atoms with Crippen molar-refractivity contribution < 1.29 is 9.18 Å². The van der Waals surface area contributed by atoms with E-state index in [0.717, 1.165) is 28.5 Å². The first kappa shape index (κ1) is 24.0. The molecular formula is C30H25ClFN5O. The molecule has 0 saturated heterocycles. The lowest BCUT2D eigenvalue weighted by Gasteiger charge is -2.31. The van der Waals surface area contributed by atoms with Crippen LogP contribution in [0.4, 0.5) is 14.9 Å². The summed E-state index contributed by atoms with van der Waals surface area (Å²) in [5.41, 5.74) is 4.83. The molecule has 3 heterocycles. The molecule has 0 radical (unpaired) electrons. The highest BCUT2D eigenvalue weighted by Gasteiger charge is 2.36. The Morgan fingerprint density at radius 2 is 1.84 bits per heavy atom. The van der Waals surface area contributed by atoms with Gasteiger partial charge in [-0.25, -0.2) is 13.9 Å². The molecule has 0 bridgehead atoms. The number of carbonyl (C=O) groups excluding carboxylic acids is 1. The Bertz CT molecular complexity index is 1630. The van der Waals surface area contributed by atoms with Gasteiger partial charge in [-0.2, -0.15) is 5.10 Å². The third-order valence-electron chi connectivity index (χ3n) is 6.81. The Balaban J connectivity index is 1.56. The van der Waals surface area contributed by atoms with E-state index in [9.17, 15) is 9.18 Å². The maximum atomic E-state index is 14.5. The normalized spacial score (nSPS) is 14.5. The van der Waals surface area contributed by atoms with E-state index in [2.05, 4.69) is 16.8 Å². The van der Waals surface area contributed by atoms with Gasteiger partial charge in [-0.1, -0.05) is 54.9 Å². The summed E-state index contributed by atoms with van der Waals surface area (Å²) in [6.45, 7) is 2.33. The summed E-state index contributed by atoms with van der Waals surface area (Å²) in [6, 6.07) is 26.4. The van der Waals surface area contributed by atoms with E-state index in [1.807, 2.05) is 59.4 Å². The zero-order valence-corrected chi connectivity index (χ0v) is 21.4. The van der Waals surface area contributed by atoms with Gasteiger partial charge in [0, 0.05) is 22.5 Å². The van der Waals surface area contributed by atoms with Crippen LogP contribution in [0.5, 0.6) is 0 Å². The van der Waals surface area contributed by atoms with Gasteiger partial charge in [-0.15, -0.1) is 0 Å². The predicted molar refractivity (Wildman–Crippen MR) is 147 cm³/mol. The topological polar surface area (TPSA) is 55.1 Å². The molecule has 1 aliphatic rings. The molecule has 1 unspecified atom stereocenters. The fourth-order valence-corrected chi connectivity index (χ4v) is 5.33. The van der Waals surface area contributed by atoms with Crippen LogP contribution >= 0.6 is 11.6 Å². The van der Waals surface area contributed by atoms with Gasteiger partial charge in [-0.05, 0) is 66.6 Å². The Hall–Kier alpha value is -4.36. The lowest BCUT2D eigenvalue weighted by Crippen LogP contribution is -2.38. The first-order valence-electron chi connectivity index (χ1n) is 12.5. The molecule has 8 heteroatoms. The molecule has 6 rings (SSSR count). The summed E-state index contributed by atoms with van der Waals surface area (Å²) < 4.78 is 18.5. The van der Waals surface area contributed by atoms with Crippen LogP contribution in [0.3, 0.4) is 0 Å². The van der Waals surface area contributed by atoms with Crippen molar-refractivity contribution in [2.45, 2.75) is 25.9 Å². The van der Waals surface area contributed by atoms with Crippen molar-refractivity contribution in [1.29, 1.82) is 0 Å². The number of benzene rings is 3. The van der Waals surface area contributed by atoms with E-state index in [-0.39, 0.29) is 18.4 Å². The van der Waals surface area contributed by atoms with E-state index in [1.165, 1.54) is 12.1 Å². The molecule has 2 aromatic heterocycles. The van der Waals surface area contributed by atoms with Crippen LogP contribution in [-0.4, -0.2) is 25.3 Å². The number of fused-ring (bicyclic) bond motifs is 3. The van der Waals surface area contributed by atoms with E-state index in [0.29, 0.717) is 22.7 Å². The third-order valence-corrected chi connectivity index (χ3v) is 7.04. The van der Waals surface area contributed by atoms with Crippen LogP contribution in [-0.2, 0) is 13.0 Å². The van der Waals surface area contributed by atoms with Crippen LogP contribution in [0.1, 0.15) is 35.5 Å². The SMILES string of the molecule is CCc1nn(-c2ccccc2)c2c1CN(C(=O)Nc1cccc(Cl)c1)C(c1cccc(F)c1)c1cccn1-2. The molecular weight excluding hydrogens is 501 g/mol. The minimum atomic E-state index is -0.554. The molecule has 1 aliphatic heterocycles. The van der Waals surface area contributed by atoms with Crippen LogP contribution in [0.25, 0.3) is 11.5 Å². The van der Waals surface area contributed by atoms with Gasteiger partial charge < -0.3 is 14.8 Å². The van der Waals surface area contributed by atoms with Crippen molar-refractivity contribution in [3.05, 3.63) is 131 Å². The molecule has 6 nitrogen and oxygen atoms in total. The average Bonchev–Trinajstić information content (AvgIpc) is 3.50. The van der Waals surface area contributed by atoms with Crippen LogP contribution in [0.2, 0.25) is 5.02 Å². The van der Waals surface area contributed by atoms with Gasteiger partial charge in [-0.3, -0.25) is 0 Å².